The molecule has 0 fully saturated rings. The van der Waals surface area contributed by atoms with Crippen molar-refractivity contribution in [1.29, 1.82) is 0 Å². The molecule has 0 aliphatic rings. The van der Waals surface area contributed by atoms with Crippen LogP contribution in [0, 0.1) is 0 Å². The van der Waals surface area contributed by atoms with Crippen LogP contribution in [-0.4, -0.2) is 21.1 Å². The van der Waals surface area contributed by atoms with Crippen LogP contribution in [0.2, 0.25) is 0 Å². The van der Waals surface area contributed by atoms with E-state index >= 15 is 0 Å². The summed E-state index contributed by atoms with van der Waals surface area (Å²) < 4.78 is 0. The van der Waals surface area contributed by atoms with Crippen LogP contribution in [0.3, 0.4) is 0 Å². The molecule has 2 aromatic heterocycles. The highest BCUT2D eigenvalue weighted by Gasteiger charge is 2.15. The first-order valence-electron chi connectivity index (χ1n) is 5.45. The third kappa shape index (κ3) is 2.71. The second-order valence-corrected chi connectivity index (χ2v) is 4.49. The minimum atomic E-state index is -0.250. The van der Waals surface area contributed by atoms with Gasteiger partial charge >= 0.3 is 0 Å². The van der Waals surface area contributed by atoms with Gasteiger partial charge in [-0.1, -0.05) is 6.92 Å². The Morgan fingerprint density at radius 2 is 2.47 bits per heavy atom. The highest BCUT2D eigenvalue weighted by Crippen LogP contribution is 2.15. The van der Waals surface area contributed by atoms with E-state index in [-0.39, 0.29) is 17.8 Å². The van der Waals surface area contributed by atoms with E-state index in [9.17, 15) is 4.79 Å². The van der Waals surface area contributed by atoms with Gasteiger partial charge in [0.25, 0.3) is 5.91 Å². The summed E-state index contributed by atoms with van der Waals surface area (Å²) in [7, 11) is 0. The van der Waals surface area contributed by atoms with Crippen LogP contribution in [0.4, 0.5) is 0 Å². The van der Waals surface area contributed by atoms with Gasteiger partial charge in [0.2, 0.25) is 5.82 Å². The molecule has 6 heteroatoms. The molecule has 17 heavy (non-hydrogen) atoms. The van der Waals surface area contributed by atoms with Crippen molar-refractivity contribution in [2.75, 3.05) is 0 Å². The summed E-state index contributed by atoms with van der Waals surface area (Å²) in [5, 5.41) is 13.5. The molecular formula is C11H14N4OS. The first-order valence-corrected chi connectivity index (χ1v) is 6.39. The zero-order valence-corrected chi connectivity index (χ0v) is 10.5. The third-order valence-corrected chi connectivity index (χ3v) is 3.16. The number of rotatable bonds is 4. The van der Waals surface area contributed by atoms with Crippen LogP contribution in [0.1, 0.15) is 41.9 Å². The van der Waals surface area contributed by atoms with Crippen LogP contribution < -0.4 is 5.32 Å². The molecule has 2 rings (SSSR count). The SMILES string of the molecule is CCc1nc(C(=O)NC(C)c2ccsc2)n[nH]1. The number of hydrogen-bond acceptors (Lipinski definition) is 4. The number of aromatic nitrogens is 3. The average Bonchev–Trinajstić information content (AvgIpc) is 3.00. The molecule has 0 aliphatic heterocycles. The summed E-state index contributed by atoms with van der Waals surface area (Å²) in [6.45, 7) is 3.89. The molecule has 1 unspecified atom stereocenters. The lowest BCUT2D eigenvalue weighted by Gasteiger charge is -2.10. The monoisotopic (exact) mass is 250 g/mol. The molecule has 0 aliphatic carbocycles. The normalized spacial score (nSPS) is 12.4. The molecule has 0 bridgehead atoms. The van der Waals surface area contributed by atoms with Crippen molar-refractivity contribution in [3.63, 3.8) is 0 Å². The topological polar surface area (TPSA) is 70.7 Å². The van der Waals surface area contributed by atoms with Gasteiger partial charge in [-0.15, -0.1) is 5.10 Å². The number of amides is 1. The van der Waals surface area contributed by atoms with Gasteiger partial charge in [-0.25, -0.2) is 4.98 Å². The number of H-pyrrole nitrogens is 1. The van der Waals surface area contributed by atoms with Crippen molar-refractivity contribution in [3.8, 4) is 0 Å². The Bertz CT molecular complexity index is 491. The Morgan fingerprint density at radius 3 is 3.06 bits per heavy atom. The van der Waals surface area contributed by atoms with E-state index in [2.05, 4.69) is 20.5 Å². The van der Waals surface area contributed by atoms with E-state index in [0.29, 0.717) is 0 Å². The molecule has 1 amide bonds. The number of aryl methyl sites for hydroxylation is 1. The van der Waals surface area contributed by atoms with Gasteiger partial charge < -0.3 is 5.32 Å². The lowest BCUT2D eigenvalue weighted by atomic mass is 10.2. The highest BCUT2D eigenvalue weighted by molar-refractivity contribution is 7.07. The lowest BCUT2D eigenvalue weighted by molar-refractivity contribution is 0.0930. The van der Waals surface area contributed by atoms with Crippen molar-refractivity contribution in [2.45, 2.75) is 26.3 Å². The fourth-order valence-electron chi connectivity index (χ4n) is 1.42. The Labute approximate surface area is 103 Å². The highest BCUT2D eigenvalue weighted by atomic mass is 32.1. The summed E-state index contributed by atoms with van der Waals surface area (Å²) in [6, 6.07) is 1.96. The van der Waals surface area contributed by atoms with Gasteiger partial charge in [0.15, 0.2) is 0 Å². The molecule has 2 N–H and O–H groups in total. The van der Waals surface area contributed by atoms with Crippen LogP contribution in [0.15, 0.2) is 16.8 Å². The Hall–Kier alpha value is -1.69. The lowest BCUT2D eigenvalue weighted by Crippen LogP contribution is -2.27. The first-order chi connectivity index (χ1) is 8.20. The van der Waals surface area contributed by atoms with Crippen molar-refractivity contribution >= 4 is 17.2 Å². The summed E-state index contributed by atoms with van der Waals surface area (Å²) in [5.41, 5.74) is 1.09. The molecule has 2 heterocycles. The standard InChI is InChI=1S/C11H14N4OS/c1-3-9-13-10(15-14-9)11(16)12-7(2)8-4-5-17-6-8/h4-7H,3H2,1-2H3,(H,12,16)(H,13,14,15). The number of carbonyl (C=O) groups excluding carboxylic acids is 1. The number of nitrogens with zero attached hydrogens (tertiary/aromatic N) is 2. The average molecular weight is 250 g/mol. The molecular weight excluding hydrogens is 236 g/mol. The molecule has 0 aromatic carbocycles. The van der Waals surface area contributed by atoms with E-state index in [1.54, 1.807) is 11.3 Å². The molecule has 0 radical (unpaired) electrons. The summed E-state index contributed by atoms with van der Waals surface area (Å²) in [5.74, 6) is 0.668. The van der Waals surface area contributed by atoms with Gasteiger partial charge in [0, 0.05) is 6.42 Å². The van der Waals surface area contributed by atoms with E-state index < -0.39 is 0 Å². The summed E-state index contributed by atoms with van der Waals surface area (Å²) in [4.78, 5) is 15.9. The fourth-order valence-corrected chi connectivity index (χ4v) is 2.17. The largest absolute Gasteiger partial charge is 0.343 e. The van der Waals surface area contributed by atoms with E-state index in [1.807, 2.05) is 30.7 Å². The van der Waals surface area contributed by atoms with Crippen molar-refractivity contribution in [2.24, 2.45) is 0 Å². The number of nitrogens with one attached hydrogen (secondary N) is 2. The number of aromatic amines is 1. The second kappa shape index (κ2) is 5.09. The number of thiophene rings is 1. The van der Waals surface area contributed by atoms with Crippen LogP contribution >= 0.6 is 11.3 Å². The maximum Gasteiger partial charge on any atom is 0.291 e. The van der Waals surface area contributed by atoms with E-state index in [0.717, 1.165) is 17.8 Å². The Balaban J connectivity index is 2.01. The van der Waals surface area contributed by atoms with Gasteiger partial charge in [0.1, 0.15) is 5.82 Å². The molecule has 2 aromatic rings. The Kier molecular flexibility index (Phi) is 3.53. The summed E-state index contributed by atoms with van der Waals surface area (Å²) in [6.07, 6.45) is 0.736. The predicted molar refractivity (Wildman–Crippen MR) is 66.0 cm³/mol. The molecule has 1 atom stereocenters. The zero-order chi connectivity index (χ0) is 12.3. The third-order valence-electron chi connectivity index (χ3n) is 2.46. The number of hydrogen-bond donors (Lipinski definition) is 2. The first kappa shape index (κ1) is 11.8. The smallest absolute Gasteiger partial charge is 0.291 e. The van der Waals surface area contributed by atoms with E-state index in [4.69, 9.17) is 0 Å². The molecule has 5 nitrogen and oxygen atoms in total. The van der Waals surface area contributed by atoms with Crippen LogP contribution in [0.25, 0.3) is 0 Å². The van der Waals surface area contributed by atoms with Gasteiger partial charge in [-0.3, -0.25) is 9.89 Å². The maximum atomic E-state index is 11.8. The quantitative estimate of drug-likeness (QED) is 0.871. The predicted octanol–water partition coefficient (Wildman–Crippen LogP) is 1.92. The molecule has 0 saturated carbocycles. The van der Waals surface area contributed by atoms with E-state index in [1.165, 1.54) is 0 Å². The summed E-state index contributed by atoms with van der Waals surface area (Å²) >= 11 is 1.61. The minimum absolute atomic E-state index is 0.0303. The van der Waals surface area contributed by atoms with Gasteiger partial charge in [0.05, 0.1) is 6.04 Å². The fraction of sp³-hybridized carbons (Fsp3) is 0.364. The second-order valence-electron chi connectivity index (χ2n) is 3.71. The maximum absolute atomic E-state index is 11.8. The molecule has 90 valence electrons. The van der Waals surface area contributed by atoms with Crippen LogP contribution in [0.5, 0.6) is 0 Å². The van der Waals surface area contributed by atoms with Crippen LogP contribution in [-0.2, 0) is 6.42 Å². The van der Waals surface area contributed by atoms with Gasteiger partial charge in [-0.2, -0.15) is 11.3 Å². The minimum Gasteiger partial charge on any atom is -0.343 e. The van der Waals surface area contributed by atoms with Crippen molar-refractivity contribution < 1.29 is 4.79 Å². The van der Waals surface area contributed by atoms with Crippen molar-refractivity contribution in [1.82, 2.24) is 20.5 Å². The van der Waals surface area contributed by atoms with Gasteiger partial charge in [-0.05, 0) is 29.3 Å². The Morgan fingerprint density at radius 1 is 1.65 bits per heavy atom. The number of carbonyl (C=O) groups is 1. The molecule has 0 spiro atoms. The zero-order valence-electron chi connectivity index (χ0n) is 9.73. The van der Waals surface area contributed by atoms with Crippen molar-refractivity contribution in [3.05, 3.63) is 34.0 Å². The molecule has 0 saturated heterocycles.